The fourth-order valence-corrected chi connectivity index (χ4v) is 8.14. The molecule has 1 aromatic carbocycles. The predicted molar refractivity (Wildman–Crippen MR) is 168 cm³/mol. The maximum atomic E-state index is 14.6. The molecule has 4 aliphatic rings. The average molecular weight is 642 g/mol. The molecule has 2 unspecified atom stereocenters. The number of nitrogens with one attached hydrogen (secondary N) is 1. The monoisotopic (exact) mass is 641 g/mol. The summed E-state index contributed by atoms with van der Waals surface area (Å²) in [7, 11) is 3.17. The molecule has 5 N–H and O–H groups in total. The lowest BCUT2D eigenvalue weighted by atomic mass is 9.51. The molecule has 5 rings (SSSR count). The summed E-state index contributed by atoms with van der Waals surface area (Å²) in [5.74, 6) is -9.71. The molecule has 1 aromatic rings. The summed E-state index contributed by atoms with van der Waals surface area (Å²) in [5.41, 5.74) is -2.82. The molecular formula is C34H47N3O9. The van der Waals surface area contributed by atoms with Crippen molar-refractivity contribution in [3.05, 3.63) is 34.4 Å². The summed E-state index contributed by atoms with van der Waals surface area (Å²) in [6, 6.07) is 2.32. The van der Waals surface area contributed by atoms with E-state index < -0.39 is 82.1 Å². The van der Waals surface area contributed by atoms with Crippen LogP contribution in [0.2, 0.25) is 0 Å². The normalized spacial score (nSPS) is 33.0. The quantitative estimate of drug-likeness (QED) is 0.225. The van der Waals surface area contributed by atoms with Crippen molar-refractivity contribution in [3.8, 4) is 5.75 Å². The third-order valence-corrected chi connectivity index (χ3v) is 10.5. The molecule has 46 heavy (non-hydrogen) atoms. The molecule has 1 amide bonds. The first-order valence-corrected chi connectivity index (χ1v) is 16.1. The van der Waals surface area contributed by atoms with Crippen molar-refractivity contribution in [2.45, 2.75) is 89.1 Å². The molecule has 0 bridgehead atoms. The van der Waals surface area contributed by atoms with Gasteiger partial charge in [0, 0.05) is 29.5 Å². The molecule has 12 heteroatoms. The number of hydrogen-bond acceptors (Lipinski definition) is 11. The van der Waals surface area contributed by atoms with Crippen LogP contribution in [0.1, 0.15) is 76.5 Å². The van der Waals surface area contributed by atoms with E-state index in [0.717, 1.165) is 25.9 Å². The topological polar surface area (TPSA) is 177 Å². The Kier molecular flexibility index (Phi) is 8.91. The van der Waals surface area contributed by atoms with Gasteiger partial charge in [0.15, 0.2) is 11.4 Å². The van der Waals surface area contributed by atoms with E-state index >= 15 is 0 Å². The third kappa shape index (κ3) is 5.14. The van der Waals surface area contributed by atoms with Gasteiger partial charge in [-0.05, 0) is 56.9 Å². The number of likely N-dealkylation sites (tertiary alicyclic amines) is 1. The number of ether oxygens (including phenoxy) is 1. The number of Topliss-reactive ketones (excluding diaryl/α,β-unsaturated/α-hetero) is 2. The molecular weight excluding hydrogens is 594 g/mol. The van der Waals surface area contributed by atoms with Crippen LogP contribution in [-0.2, 0) is 29.3 Å². The molecule has 0 spiro atoms. The Morgan fingerprint density at radius 3 is 2.33 bits per heavy atom. The summed E-state index contributed by atoms with van der Waals surface area (Å²) in [6.07, 6.45) is -1.15. The number of aromatic hydroxyl groups is 1. The van der Waals surface area contributed by atoms with Gasteiger partial charge in [0.05, 0.1) is 24.3 Å². The minimum atomic E-state index is -2.95. The maximum Gasteiger partial charge on any atom is 0.305 e. The van der Waals surface area contributed by atoms with E-state index in [1.807, 2.05) is 25.7 Å². The largest absolute Gasteiger partial charge is 0.507 e. The Morgan fingerprint density at radius 1 is 1.13 bits per heavy atom. The van der Waals surface area contributed by atoms with Gasteiger partial charge in [0.2, 0.25) is 11.7 Å². The lowest BCUT2D eigenvalue weighted by Crippen LogP contribution is -2.77. The number of ketones is 2. The van der Waals surface area contributed by atoms with Crippen LogP contribution >= 0.6 is 0 Å². The molecule has 0 aromatic heterocycles. The number of aliphatic hydroxyl groups is 3. The van der Waals surface area contributed by atoms with Crippen molar-refractivity contribution in [2.75, 3.05) is 33.9 Å². The van der Waals surface area contributed by atoms with Gasteiger partial charge in [-0.3, -0.25) is 24.1 Å². The molecule has 0 radical (unpaired) electrons. The fourth-order valence-electron chi connectivity index (χ4n) is 8.14. The Balaban J connectivity index is 1.70. The van der Waals surface area contributed by atoms with Gasteiger partial charge >= 0.3 is 5.97 Å². The van der Waals surface area contributed by atoms with Gasteiger partial charge in [-0.2, -0.15) is 0 Å². The van der Waals surface area contributed by atoms with E-state index in [9.17, 15) is 39.6 Å². The Hall–Kier alpha value is -3.32. The Bertz CT molecular complexity index is 1470. The van der Waals surface area contributed by atoms with Crippen LogP contribution < -0.4 is 5.32 Å². The van der Waals surface area contributed by atoms with E-state index in [1.165, 1.54) is 4.90 Å². The second-order valence-electron chi connectivity index (χ2n) is 14.5. The number of carbonyl (C=O) groups is 4. The predicted octanol–water partition coefficient (Wildman–Crippen LogP) is 1.60. The van der Waals surface area contributed by atoms with Gasteiger partial charge in [-0.25, -0.2) is 0 Å². The zero-order valence-corrected chi connectivity index (χ0v) is 27.7. The van der Waals surface area contributed by atoms with E-state index in [-0.39, 0.29) is 30.0 Å². The number of phenolic OH excluding ortho intramolecular Hbond substituents is 1. The third-order valence-electron chi connectivity index (χ3n) is 10.5. The number of carbonyl (C=O) groups excluding carboxylic acids is 4. The number of aliphatic hydroxyl groups excluding tert-OH is 2. The molecule has 8 atom stereocenters. The highest BCUT2D eigenvalue weighted by molar-refractivity contribution is 6.25. The second kappa shape index (κ2) is 12.0. The second-order valence-corrected chi connectivity index (χ2v) is 14.5. The molecule has 3 aliphatic carbocycles. The molecule has 12 nitrogen and oxygen atoms in total. The molecule has 1 aliphatic heterocycles. The van der Waals surface area contributed by atoms with Crippen LogP contribution in [0, 0.1) is 17.8 Å². The highest BCUT2D eigenvalue weighted by Crippen LogP contribution is 2.57. The van der Waals surface area contributed by atoms with Crippen molar-refractivity contribution in [1.29, 1.82) is 0 Å². The summed E-state index contributed by atoms with van der Waals surface area (Å²) < 4.78 is 5.97. The Morgan fingerprint density at radius 2 is 1.76 bits per heavy atom. The van der Waals surface area contributed by atoms with Gasteiger partial charge in [0.25, 0.3) is 0 Å². The Labute approximate surface area is 269 Å². The average Bonchev–Trinajstić information content (AvgIpc) is 3.50. The number of nitrogens with zero attached hydrogens (tertiary/aromatic N) is 2. The lowest BCUT2D eigenvalue weighted by molar-refractivity contribution is -0.207. The van der Waals surface area contributed by atoms with Crippen LogP contribution in [0.15, 0.2) is 17.7 Å². The number of likely N-dealkylation sites (N-methyl/N-ethyl adjacent to an activating group) is 1. The molecule has 3 fully saturated rings. The van der Waals surface area contributed by atoms with Gasteiger partial charge in [-0.15, -0.1) is 0 Å². The first-order chi connectivity index (χ1) is 21.5. The van der Waals surface area contributed by atoms with Crippen molar-refractivity contribution < 1.29 is 44.3 Å². The van der Waals surface area contributed by atoms with Crippen LogP contribution in [0.4, 0.5) is 0 Å². The summed E-state index contributed by atoms with van der Waals surface area (Å²) in [6.45, 7) is 10.6. The number of rotatable bonds is 6. The minimum Gasteiger partial charge on any atom is -0.507 e. The number of hydrogen-bond donors (Lipinski definition) is 5. The zero-order chi connectivity index (χ0) is 34.0. The van der Waals surface area contributed by atoms with Gasteiger partial charge in [0.1, 0.15) is 23.5 Å². The van der Waals surface area contributed by atoms with Crippen LogP contribution in [0.3, 0.4) is 0 Å². The lowest BCUT2D eigenvalue weighted by Gasteiger charge is -2.57. The van der Waals surface area contributed by atoms with Crippen LogP contribution in [0.25, 0.3) is 5.76 Å². The van der Waals surface area contributed by atoms with E-state index in [0.29, 0.717) is 11.1 Å². The number of esters is 1. The zero-order valence-electron chi connectivity index (χ0n) is 27.7. The minimum absolute atomic E-state index is 0.00880. The van der Waals surface area contributed by atoms with Crippen molar-refractivity contribution in [1.82, 2.24) is 15.1 Å². The SMILES string of the molecule is CCC(=O)O[C@H]1[C@H]2C(=C(O)c3c(ccc(C(C)(C)C)c3O)[C@@H]2C)C(=O)[C@]2(O)C(=O)C(C(=O)NCN3CCCC3)C(O)[C@@H](N(C)C)[C@H]12. The van der Waals surface area contributed by atoms with Gasteiger partial charge in [-0.1, -0.05) is 46.8 Å². The number of benzene rings is 1. The standard InChI is InChI=1S/C34H47N3O9/c1-8-19(38)46-29-20-16(2)17-11-12-18(33(3,4)5)26(39)21(17)27(40)22(20)30(42)34(45)24(29)25(36(6)7)28(41)23(31(34)43)32(44)35-15-37-13-9-10-14-37/h11-12,16,20,23-25,28-29,39-41,45H,8-10,13-15H2,1-7H3,(H,35,44)/t16-,20+,23?,24+,25-,28?,29-,34-/m0/s1. The van der Waals surface area contributed by atoms with Crippen LogP contribution in [-0.4, -0.2) is 111 Å². The first kappa shape index (κ1) is 34.0. The molecule has 252 valence electrons. The number of amides is 1. The van der Waals surface area contributed by atoms with E-state index in [4.69, 9.17) is 4.74 Å². The summed E-state index contributed by atoms with van der Waals surface area (Å²) >= 11 is 0. The van der Waals surface area contributed by atoms with Crippen molar-refractivity contribution in [2.24, 2.45) is 17.8 Å². The van der Waals surface area contributed by atoms with Crippen molar-refractivity contribution in [3.63, 3.8) is 0 Å². The maximum absolute atomic E-state index is 14.6. The molecule has 2 saturated carbocycles. The van der Waals surface area contributed by atoms with Crippen LogP contribution in [0.5, 0.6) is 5.75 Å². The fraction of sp³-hybridized carbons (Fsp3) is 0.647. The summed E-state index contributed by atoms with van der Waals surface area (Å²) in [4.78, 5) is 59.0. The number of fused-ring (bicyclic) bond motifs is 3. The number of phenols is 1. The van der Waals surface area contributed by atoms with E-state index in [2.05, 4.69) is 5.32 Å². The highest BCUT2D eigenvalue weighted by Gasteiger charge is 2.72. The first-order valence-electron chi connectivity index (χ1n) is 16.1. The van der Waals surface area contributed by atoms with Gasteiger partial charge < -0.3 is 35.4 Å². The van der Waals surface area contributed by atoms with Crippen molar-refractivity contribution >= 4 is 29.2 Å². The molecule has 1 heterocycles. The molecule has 1 saturated heterocycles. The summed E-state index contributed by atoms with van der Waals surface area (Å²) in [5, 5.41) is 50.1. The highest BCUT2D eigenvalue weighted by atomic mass is 16.5. The van der Waals surface area contributed by atoms with E-state index in [1.54, 1.807) is 40.1 Å². The smallest absolute Gasteiger partial charge is 0.305 e.